The van der Waals surface area contributed by atoms with Gasteiger partial charge in [-0.25, -0.2) is 4.98 Å². The molecule has 1 heterocycles. The molecule has 38 heavy (non-hydrogen) atoms. The van der Waals surface area contributed by atoms with Crippen LogP contribution < -0.4 is 10.6 Å². The second kappa shape index (κ2) is 20.5. The highest BCUT2D eigenvalue weighted by molar-refractivity contribution is 5.92. The summed E-state index contributed by atoms with van der Waals surface area (Å²) in [6.45, 7) is 8.02. The summed E-state index contributed by atoms with van der Waals surface area (Å²) in [5.74, 6) is -0.350. The normalized spacial score (nSPS) is 12.7. The van der Waals surface area contributed by atoms with Crippen LogP contribution in [0.15, 0.2) is 85.3 Å². The number of carbonyl (C=O) groups excluding carboxylic acids is 2. The van der Waals surface area contributed by atoms with Crippen molar-refractivity contribution in [3.8, 4) is 0 Å². The van der Waals surface area contributed by atoms with Gasteiger partial charge in [0.2, 0.25) is 5.91 Å². The minimum atomic E-state index is -0.566. The fraction of sp³-hybridized carbons (Fsp3) is 0.438. The van der Waals surface area contributed by atoms with Crippen LogP contribution in [-0.2, 0) is 4.79 Å². The Balaban J connectivity index is 2.11. The Kier molecular flexibility index (Phi) is 17.5. The van der Waals surface area contributed by atoms with Gasteiger partial charge >= 0.3 is 0 Å². The Morgan fingerprint density at radius 1 is 0.763 bits per heavy atom. The molecule has 0 aliphatic heterocycles. The summed E-state index contributed by atoms with van der Waals surface area (Å²) in [5, 5.41) is 5.78. The van der Waals surface area contributed by atoms with Gasteiger partial charge in [0.05, 0.1) is 17.4 Å². The van der Waals surface area contributed by atoms with Crippen molar-refractivity contribution in [3.05, 3.63) is 96.7 Å². The highest BCUT2D eigenvalue weighted by Gasteiger charge is 2.21. The first-order valence-corrected chi connectivity index (χ1v) is 13.6. The highest BCUT2D eigenvalue weighted by Crippen LogP contribution is 2.04. The molecular formula is C32H46N4O2. The molecular weight excluding hydrogens is 472 g/mol. The van der Waals surface area contributed by atoms with Crippen LogP contribution in [0.3, 0.4) is 0 Å². The number of hydrogen-bond acceptors (Lipinski definition) is 4. The van der Waals surface area contributed by atoms with E-state index in [1.54, 1.807) is 6.20 Å². The zero-order valence-electron chi connectivity index (χ0n) is 23.7. The predicted molar refractivity (Wildman–Crippen MR) is 159 cm³/mol. The average Bonchev–Trinajstić information content (AvgIpc) is 2.89. The molecule has 0 unspecified atom stereocenters. The van der Waals surface area contributed by atoms with Crippen LogP contribution in [0.5, 0.6) is 0 Å². The molecule has 6 nitrogen and oxygen atoms in total. The summed E-state index contributed by atoms with van der Waals surface area (Å²) in [6, 6.07) is 0. The maximum atomic E-state index is 12.3. The van der Waals surface area contributed by atoms with E-state index in [4.69, 9.17) is 0 Å². The van der Waals surface area contributed by atoms with Gasteiger partial charge in [0, 0.05) is 19.2 Å². The van der Waals surface area contributed by atoms with Crippen molar-refractivity contribution in [3.63, 3.8) is 0 Å². The lowest BCUT2D eigenvalue weighted by Gasteiger charge is -2.26. The quantitative estimate of drug-likeness (QED) is 0.207. The topological polar surface area (TPSA) is 84.0 Å². The third kappa shape index (κ3) is 17.8. The van der Waals surface area contributed by atoms with Crippen molar-refractivity contribution in [2.45, 2.75) is 84.6 Å². The second-order valence-corrected chi connectivity index (χ2v) is 9.61. The number of amides is 2. The second-order valence-electron chi connectivity index (χ2n) is 9.61. The number of allylic oxidation sites excluding steroid dienone is 12. The molecule has 0 aromatic carbocycles. The Morgan fingerprint density at radius 2 is 1.26 bits per heavy atom. The van der Waals surface area contributed by atoms with Gasteiger partial charge < -0.3 is 10.6 Å². The molecule has 1 rings (SSSR count). The van der Waals surface area contributed by atoms with Crippen LogP contribution in [0.2, 0.25) is 0 Å². The maximum Gasteiger partial charge on any atom is 0.271 e. The molecule has 1 aromatic rings. The number of aromatic nitrogens is 2. The van der Waals surface area contributed by atoms with Gasteiger partial charge in [0.15, 0.2) is 0 Å². The highest BCUT2D eigenvalue weighted by atomic mass is 16.2. The van der Waals surface area contributed by atoms with Crippen molar-refractivity contribution in [1.82, 2.24) is 20.6 Å². The lowest BCUT2D eigenvalue weighted by atomic mass is 10.0. The van der Waals surface area contributed by atoms with Crippen LogP contribution in [0.1, 0.15) is 88.3 Å². The van der Waals surface area contributed by atoms with Crippen molar-refractivity contribution in [1.29, 1.82) is 0 Å². The molecule has 0 saturated heterocycles. The van der Waals surface area contributed by atoms with E-state index >= 15 is 0 Å². The molecule has 0 atom stereocenters. The lowest BCUT2D eigenvalue weighted by molar-refractivity contribution is -0.122. The van der Waals surface area contributed by atoms with Gasteiger partial charge in [-0.3, -0.25) is 14.6 Å². The van der Waals surface area contributed by atoms with Crippen LogP contribution in [0, 0.1) is 6.92 Å². The van der Waals surface area contributed by atoms with Crippen LogP contribution in [0.25, 0.3) is 0 Å². The van der Waals surface area contributed by atoms with E-state index in [-0.39, 0.29) is 17.5 Å². The van der Waals surface area contributed by atoms with E-state index < -0.39 is 5.54 Å². The Morgan fingerprint density at radius 3 is 1.74 bits per heavy atom. The van der Waals surface area contributed by atoms with Gasteiger partial charge in [0.25, 0.3) is 5.91 Å². The van der Waals surface area contributed by atoms with Crippen molar-refractivity contribution < 1.29 is 9.59 Å². The van der Waals surface area contributed by atoms with Gasteiger partial charge in [-0.1, -0.05) is 79.8 Å². The lowest BCUT2D eigenvalue weighted by Crippen LogP contribution is -2.51. The molecule has 0 saturated carbocycles. The minimum Gasteiger partial charge on any atom is -0.349 e. The van der Waals surface area contributed by atoms with Gasteiger partial charge in [-0.15, -0.1) is 0 Å². The first kappa shape index (κ1) is 32.5. The number of hydrogen-bond donors (Lipinski definition) is 2. The maximum absolute atomic E-state index is 12.3. The molecule has 1 aromatic heterocycles. The summed E-state index contributed by atoms with van der Waals surface area (Å²) >= 11 is 0. The van der Waals surface area contributed by atoms with E-state index in [0.29, 0.717) is 19.4 Å². The number of nitrogens with zero attached hydrogens (tertiary/aromatic N) is 2. The standard InChI is InChI=1S/C32H46N4O2/c1-5-6-7-8-9-10-11-12-13-14-15-16-17-18-19-20-21-22-23-24-30(37)36-32(3,4)27-35-31(38)29-26-33-28(2)25-34-29/h6-7,9-10,12-13,15-16,18-19,21-22,25-26H,5,8,11,14,17,20,23-24,27H2,1-4H3,(H,35,38)(H,36,37). The van der Waals surface area contributed by atoms with E-state index in [1.165, 1.54) is 6.20 Å². The van der Waals surface area contributed by atoms with Gasteiger partial charge in [-0.05, 0) is 65.7 Å². The van der Waals surface area contributed by atoms with E-state index in [9.17, 15) is 9.59 Å². The number of aryl methyl sites for hydroxylation is 1. The van der Waals surface area contributed by atoms with Crippen LogP contribution in [0.4, 0.5) is 0 Å². The molecule has 0 spiro atoms. The Labute approximate surface area is 229 Å². The number of carbonyl (C=O) groups is 2. The molecule has 0 bridgehead atoms. The monoisotopic (exact) mass is 518 g/mol. The fourth-order valence-corrected chi connectivity index (χ4v) is 3.24. The molecule has 2 amide bonds. The van der Waals surface area contributed by atoms with Crippen molar-refractivity contribution >= 4 is 11.8 Å². The van der Waals surface area contributed by atoms with Gasteiger partial charge in [0.1, 0.15) is 5.69 Å². The van der Waals surface area contributed by atoms with Gasteiger partial charge in [-0.2, -0.15) is 0 Å². The van der Waals surface area contributed by atoms with Crippen molar-refractivity contribution in [2.75, 3.05) is 6.54 Å². The summed E-state index contributed by atoms with van der Waals surface area (Å²) in [5.41, 5.74) is 0.444. The summed E-state index contributed by atoms with van der Waals surface area (Å²) < 4.78 is 0. The smallest absolute Gasteiger partial charge is 0.271 e. The Hall–Kier alpha value is -3.54. The van der Waals surface area contributed by atoms with E-state index in [2.05, 4.69) is 94.4 Å². The zero-order chi connectivity index (χ0) is 27.9. The Bertz CT molecular complexity index is 983. The third-order valence-electron chi connectivity index (χ3n) is 5.32. The molecule has 2 N–H and O–H groups in total. The molecule has 0 aliphatic carbocycles. The van der Waals surface area contributed by atoms with E-state index in [1.807, 2.05) is 26.8 Å². The average molecular weight is 519 g/mol. The largest absolute Gasteiger partial charge is 0.349 e. The molecule has 206 valence electrons. The fourth-order valence-electron chi connectivity index (χ4n) is 3.24. The first-order chi connectivity index (χ1) is 18.3. The van der Waals surface area contributed by atoms with Crippen LogP contribution >= 0.6 is 0 Å². The van der Waals surface area contributed by atoms with Crippen LogP contribution in [-0.4, -0.2) is 33.9 Å². The SMILES string of the molecule is CCC=CCC=CCC=CCC=CCC=CCC=CCCC(=O)NC(C)(C)CNC(=O)c1cnc(C)cn1. The molecule has 0 radical (unpaired) electrons. The summed E-state index contributed by atoms with van der Waals surface area (Å²) in [7, 11) is 0. The van der Waals surface area contributed by atoms with Crippen molar-refractivity contribution in [2.24, 2.45) is 0 Å². The van der Waals surface area contributed by atoms with E-state index in [0.717, 1.165) is 44.2 Å². The first-order valence-electron chi connectivity index (χ1n) is 13.6. The third-order valence-corrected chi connectivity index (χ3v) is 5.32. The summed E-state index contributed by atoms with van der Waals surface area (Å²) in [4.78, 5) is 32.6. The number of nitrogens with one attached hydrogen (secondary N) is 2. The minimum absolute atomic E-state index is 0.0427. The number of rotatable bonds is 18. The summed E-state index contributed by atoms with van der Waals surface area (Å²) in [6.07, 6.45) is 35.9. The predicted octanol–water partition coefficient (Wildman–Crippen LogP) is 6.89. The molecule has 0 aliphatic rings. The molecule has 6 heteroatoms. The zero-order valence-corrected chi connectivity index (χ0v) is 23.7. The molecule has 0 fully saturated rings.